The fraction of sp³-hybridized carbons (Fsp3) is 0.533. The summed E-state index contributed by atoms with van der Waals surface area (Å²) in [6.45, 7) is 1.53. The Morgan fingerprint density at radius 2 is 1.84 bits per heavy atom. The molecule has 0 unspecified atom stereocenters. The minimum Gasteiger partial charge on any atom is -0.496 e. The number of methoxy groups -OCH3 is 1. The van der Waals surface area contributed by atoms with Gasteiger partial charge in [-0.15, -0.1) is 0 Å². The third-order valence-electron chi connectivity index (χ3n) is 4.55. The van der Waals surface area contributed by atoms with Crippen molar-refractivity contribution in [1.82, 2.24) is 4.31 Å². The molecule has 0 amide bonds. The molecule has 0 saturated carbocycles. The van der Waals surface area contributed by atoms with Gasteiger partial charge in [0.1, 0.15) is 5.75 Å². The van der Waals surface area contributed by atoms with Gasteiger partial charge in [-0.1, -0.05) is 0 Å². The normalized spacial score (nSPS) is 22.2. The summed E-state index contributed by atoms with van der Waals surface area (Å²) in [5.41, 5.74) is 0.895. The van der Waals surface area contributed by atoms with Crippen molar-refractivity contribution in [2.24, 2.45) is 11.8 Å². The zero-order valence-corrected chi connectivity index (χ0v) is 14.6. The molecule has 1 fully saturated rings. The first kappa shape index (κ1) is 19.5. The topological polar surface area (TPSA) is 83.9 Å². The van der Waals surface area contributed by atoms with E-state index >= 15 is 0 Å². The molecule has 1 aromatic rings. The third-order valence-corrected chi connectivity index (χ3v) is 6.53. The molecule has 1 N–H and O–H groups in total. The molecule has 2 atom stereocenters. The van der Waals surface area contributed by atoms with Crippen LogP contribution in [-0.2, 0) is 14.8 Å². The number of ether oxygens (including phenoxy) is 1. The van der Waals surface area contributed by atoms with Crippen LogP contribution in [0.4, 0.5) is 13.2 Å². The van der Waals surface area contributed by atoms with Crippen LogP contribution in [0.15, 0.2) is 17.0 Å². The highest BCUT2D eigenvalue weighted by atomic mass is 32.2. The maximum absolute atomic E-state index is 13.1. The van der Waals surface area contributed by atoms with Crippen molar-refractivity contribution in [3.63, 3.8) is 0 Å². The number of rotatable bonds is 4. The Labute approximate surface area is 143 Å². The van der Waals surface area contributed by atoms with Gasteiger partial charge in [-0.25, -0.2) is 8.42 Å². The smallest absolute Gasteiger partial charge is 0.393 e. The van der Waals surface area contributed by atoms with Crippen LogP contribution in [0.5, 0.6) is 5.75 Å². The highest BCUT2D eigenvalue weighted by Gasteiger charge is 2.55. The highest BCUT2D eigenvalue weighted by molar-refractivity contribution is 7.89. The molecule has 6 nitrogen and oxygen atoms in total. The number of halogens is 3. The molecule has 1 aliphatic heterocycles. The molecule has 1 aromatic carbocycles. The summed E-state index contributed by atoms with van der Waals surface area (Å²) < 4.78 is 70.5. The highest BCUT2D eigenvalue weighted by Crippen LogP contribution is 2.40. The molecule has 0 aliphatic carbocycles. The monoisotopic (exact) mass is 381 g/mol. The second kappa shape index (κ2) is 6.49. The Balaban J connectivity index is 2.45. The Hall–Kier alpha value is -1.81. The van der Waals surface area contributed by atoms with Crippen molar-refractivity contribution in [2.45, 2.75) is 24.9 Å². The van der Waals surface area contributed by atoms with Crippen molar-refractivity contribution < 1.29 is 36.2 Å². The fourth-order valence-corrected chi connectivity index (χ4v) is 4.73. The van der Waals surface area contributed by atoms with E-state index in [0.717, 1.165) is 0 Å². The molecule has 1 heterocycles. The second-order valence-corrected chi connectivity index (χ2v) is 7.84. The standard InChI is InChI=1S/C15H18F3NO5S/c1-8-9(2)13(5-4-12(8)24-3)25(22,23)19-6-10(14(20)21)11(7-19)15(16,17)18/h4-5,10-11H,6-7H2,1-3H3,(H,20,21)/t10-,11-/m1/s1. The first-order valence-corrected chi connectivity index (χ1v) is 8.79. The number of alkyl halides is 3. The number of carboxylic acids is 1. The van der Waals surface area contributed by atoms with Gasteiger partial charge in [0, 0.05) is 13.1 Å². The Morgan fingerprint density at radius 1 is 1.24 bits per heavy atom. The summed E-state index contributed by atoms with van der Waals surface area (Å²) in [6, 6.07) is 2.67. The van der Waals surface area contributed by atoms with E-state index in [2.05, 4.69) is 0 Å². The molecule has 0 spiro atoms. The number of aliphatic carboxylic acids is 1. The van der Waals surface area contributed by atoms with Crippen LogP contribution in [0.1, 0.15) is 11.1 Å². The predicted octanol–water partition coefficient (Wildman–Crippen LogP) is 2.20. The molecule has 0 radical (unpaired) electrons. The summed E-state index contributed by atoms with van der Waals surface area (Å²) in [7, 11) is -2.84. The van der Waals surface area contributed by atoms with Gasteiger partial charge in [-0.05, 0) is 37.1 Å². The van der Waals surface area contributed by atoms with Crippen LogP contribution in [0.25, 0.3) is 0 Å². The largest absolute Gasteiger partial charge is 0.496 e. The first-order chi connectivity index (χ1) is 11.4. The molecule has 140 valence electrons. The number of sulfonamides is 1. The molecule has 0 bridgehead atoms. The van der Waals surface area contributed by atoms with E-state index in [1.807, 2.05) is 0 Å². The van der Waals surface area contributed by atoms with Crippen LogP contribution in [0.2, 0.25) is 0 Å². The maximum Gasteiger partial charge on any atom is 0.393 e. The zero-order valence-electron chi connectivity index (χ0n) is 13.8. The lowest BCUT2D eigenvalue weighted by atomic mass is 9.96. The van der Waals surface area contributed by atoms with Crippen LogP contribution in [0, 0.1) is 25.7 Å². The third kappa shape index (κ3) is 3.45. The van der Waals surface area contributed by atoms with Crippen LogP contribution >= 0.6 is 0 Å². The summed E-state index contributed by atoms with van der Waals surface area (Å²) in [6.07, 6.45) is -4.79. The molecule has 1 saturated heterocycles. The quantitative estimate of drug-likeness (QED) is 0.864. The van der Waals surface area contributed by atoms with Gasteiger partial charge < -0.3 is 9.84 Å². The van der Waals surface area contributed by atoms with Crippen molar-refractivity contribution in [3.8, 4) is 5.75 Å². The minimum atomic E-state index is -4.79. The van der Waals surface area contributed by atoms with Crippen molar-refractivity contribution in [2.75, 3.05) is 20.2 Å². The Morgan fingerprint density at radius 3 is 2.28 bits per heavy atom. The van der Waals surface area contributed by atoms with Crippen LogP contribution in [-0.4, -0.2) is 50.2 Å². The van der Waals surface area contributed by atoms with Gasteiger partial charge in [0.05, 0.1) is 23.8 Å². The Kier molecular flexibility index (Phi) is 5.06. The number of hydrogen-bond donors (Lipinski definition) is 1. The molecular weight excluding hydrogens is 363 g/mol. The van der Waals surface area contributed by atoms with E-state index in [1.165, 1.54) is 26.2 Å². The number of carboxylic acid groups (broad SMARTS) is 1. The minimum absolute atomic E-state index is 0.155. The number of carbonyl (C=O) groups is 1. The summed E-state index contributed by atoms with van der Waals surface area (Å²) in [5, 5.41) is 9.03. The van der Waals surface area contributed by atoms with E-state index in [4.69, 9.17) is 9.84 Å². The summed E-state index contributed by atoms with van der Waals surface area (Å²) >= 11 is 0. The fourth-order valence-electron chi connectivity index (χ4n) is 2.96. The number of nitrogens with zero attached hydrogens (tertiary/aromatic N) is 1. The lowest BCUT2D eigenvalue weighted by Gasteiger charge is -2.20. The average Bonchev–Trinajstić information content (AvgIpc) is 2.96. The van der Waals surface area contributed by atoms with E-state index in [9.17, 15) is 26.4 Å². The molecule has 0 aromatic heterocycles. The number of benzene rings is 1. The molecule has 25 heavy (non-hydrogen) atoms. The lowest BCUT2D eigenvalue weighted by Crippen LogP contribution is -2.34. The van der Waals surface area contributed by atoms with Gasteiger partial charge in [-0.2, -0.15) is 17.5 Å². The van der Waals surface area contributed by atoms with Crippen LogP contribution < -0.4 is 4.74 Å². The molecule has 10 heteroatoms. The van der Waals surface area contributed by atoms with Gasteiger partial charge in [-0.3, -0.25) is 4.79 Å². The van der Waals surface area contributed by atoms with Gasteiger partial charge in [0.25, 0.3) is 0 Å². The maximum atomic E-state index is 13.1. The van der Waals surface area contributed by atoms with E-state index in [1.54, 1.807) is 6.92 Å². The summed E-state index contributed by atoms with van der Waals surface area (Å²) in [4.78, 5) is 11.0. The molecule has 2 rings (SSSR count). The lowest BCUT2D eigenvalue weighted by molar-refractivity contribution is -0.187. The SMILES string of the molecule is COc1ccc(S(=O)(=O)N2C[C@@H](C(F)(F)F)[C@H](C(=O)O)C2)c(C)c1C. The zero-order chi connectivity index (χ0) is 19.2. The van der Waals surface area contributed by atoms with Crippen molar-refractivity contribution in [1.29, 1.82) is 0 Å². The predicted molar refractivity (Wildman–Crippen MR) is 81.9 cm³/mol. The van der Waals surface area contributed by atoms with Crippen LogP contribution in [0.3, 0.4) is 0 Å². The van der Waals surface area contributed by atoms with E-state index in [0.29, 0.717) is 21.2 Å². The second-order valence-electron chi connectivity index (χ2n) is 5.93. The van der Waals surface area contributed by atoms with Gasteiger partial charge in [0.2, 0.25) is 10.0 Å². The molecular formula is C15H18F3NO5S. The molecule has 1 aliphatic rings. The van der Waals surface area contributed by atoms with E-state index in [-0.39, 0.29) is 4.90 Å². The first-order valence-electron chi connectivity index (χ1n) is 7.35. The van der Waals surface area contributed by atoms with Gasteiger partial charge in [0.15, 0.2) is 0 Å². The number of hydrogen-bond acceptors (Lipinski definition) is 4. The Bertz CT molecular complexity index is 791. The van der Waals surface area contributed by atoms with E-state index < -0.39 is 47.1 Å². The van der Waals surface area contributed by atoms with Gasteiger partial charge >= 0.3 is 12.1 Å². The average molecular weight is 381 g/mol. The van der Waals surface area contributed by atoms with Crippen molar-refractivity contribution >= 4 is 16.0 Å². The summed E-state index contributed by atoms with van der Waals surface area (Å²) in [5.74, 6) is -5.27. The van der Waals surface area contributed by atoms with Crippen molar-refractivity contribution in [3.05, 3.63) is 23.3 Å².